The first-order chi connectivity index (χ1) is 18.1. The summed E-state index contributed by atoms with van der Waals surface area (Å²) >= 11 is 0. The van der Waals surface area contributed by atoms with E-state index in [1.807, 2.05) is 0 Å². The molecule has 2 bridgehead atoms. The quantitative estimate of drug-likeness (QED) is 0.476. The highest BCUT2D eigenvalue weighted by Crippen LogP contribution is 2.40. The molecule has 0 aliphatic carbocycles. The third-order valence-corrected chi connectivity index (χ3v) is 7.19. The molecule has 3 aliphatic heterocycles. The molecule has 214 valence electrons. The number of amides is 3. The van der Waals surface area contributed by atoms with Gasteiger partial charge in [-0.3, -0.25) is 4.79 Å². The maximum Gasteiger partial charge on any atom is 0.490 e. The first-order valence-electron chi connectivity index (χ1n) is 12.2. The lowest BCUT2D eigenvalue weighted by molar-refractivity contribution is -0.192. The number of nitriles is 1. The zero-order valence-electron chi connectivity index (χ0n) is 20.5. The van der Waals surface area contributed by atoms with Crippen molar-refractivity contribution in [2.75, 3.05) is 11.9 Å². The predicted molar refractivity (Wildman–Crippen MR) is 124 cm³/mol. The molecule has 2 unspecified atom stereocenters. The third kappa shape index (κ3) is 7.11. The van der Waals surface area contributed by atoms with E-state index in [0.29, 0.717) is 31.5 Å². The first-order valence-corrected chi connectivity index (χ1v) is 12.2. The maximum atomic E-state index is 12.9. The van der Waals surface area contributed by atoms with Crippen LogP contribution in [0.4, 0.5) is 36.8 Å². The van der Waals surface area contributed by atoms with Crippen molar-refractivity contribution in [3.05, 3.63) is 29.8 Å². The second-order valence-corrected chi connectivity index (χ2v) is 9.68. The maximum absolute atomic E-state index is 12.9. The Kier molecular flexibility index (Phi) is 8.99. The number of likely N-dealkylation sites (tertiary alicyclic amines) is 1. The summed E-state index contributed by atoms with van der Waals surface area (Å²) in [5.41, 5.74) is 5.85. The Morgan fingerprint density at radius 1 is 1.03 bits per heavy atom. The average Bonchev–Trinajstić information content (AvgIpc) is 3.44. The molecule has 9 nitrogen and oxygen atoms in total. The number of urea groups is 1. The minimum Gasteiger partial charge on any atom is -0.475 e. The standard InChI is InChI=1S/C22H26F3N5O2.C2HF3O2/c23-22(24,25)14-3-5-15(6-4-14)28-21(32)30-16-7-8-17(30)11-13(10-16)19(27)20(31)29-9-1-2-18(29)12-26;3-2(4,5)1(6)7/h3-6,13,16-19H,1-2,7-11,27H2,(H,28,32);(H,6,7)/t13?,16?,17?,18-,19-;/m0./s1. The van der Waals surface area contributed by atoms with Crippen LogP contribution < -0.4 is 11.1 Å². The summed E-state index contributed by atoms with van der Waals surface area (Å²) < 4.78 is 69.9. The van der Waals surface area contributed by atoms with Crippen molar-refractivity contribution in [1.29, 1.82) is 5.26 Å². The van der Waals surface area contributed by atoms with Gasteiger partial charge in [-0.15, -0.1) is 0 Å². The Bertz CT molecular complexity index is 1090. The summed E-state index contributed by atoms with van der Waals surface area (Å²) in [4.78, 5) is 38.0. The largest absolute Gasteiger partial charge is 0.490 e. The van der Waals surface area contributed by atoms with E-state index >= 15 is 0 Å². The number of anilines is 1. The van der Waals surface area contributed by atoms with Gasteiger partial charge >= 0.3 is 24.4 Å². The number of hydrogen-bond donors (Lipinski definition) is 3. The highest BCUT2D eigenvalue weighted by atomic mass is 19.4. The predicted octanol–water partition coefficient (Wildman–Crippen LogP) is 3.96. The van der Waals surface area contributed by atoms with Crippen molar-refractivity contribution < 1.29 is 45.8 Å². The summed E-state index contributed by atoms with van der Waals surface area (Å²) in [6.45, 7) is 0.548. The molecular formula is C24H27F6N5O4. The van der Waals surface area contributed by atoms with Gasteiger partial charge in [0.2, 0.25) is 5.91 Å². The number of alkyl halides is 6. The van der Waals surface area contributed by atoms with Crippen LogP contribution in [-0.2, 0) is 15.8 Å². The van der Waals surface area contributed by atoms with Crippen LogP contribution in [0.25, 0.3) is 0 Å². The van der Waals surface area contributed by atoms with E-state index in [4.69, 9.17) is 15.6 Å². The smallest absolute Gasteiger partial charge is 0.475 e. The van der Waals surface area contributed by atoms with Crippen LogP contribution in [-0.4, -0.2) is 69.7 Å². The van der Waals surface area contributed by atoms with Crippen molar-refractivity contribution in [1.82, 2.24) is 9.80 Å². The third-order valence-electron chi connectivity index (χ3n) is 7.19. The number of rotatable bonds is 3. The van der Waals surface area contributed by atoms with E-state index in [1.54, 1.807) is 9.80 Å². The summed E-state index contributed by atoms with van der Waals surface area (Å²) in [6, 6.07) is 4.92. The molecule has 0 aromatic heterocycles. The van der Waals surface area contributed by atoms with Crippen molar-refractivity contribution in [2.24, 2.45) is 11.7 Å². The number of benzene rings is 1. The van der Waals surface area contributed by atoms with E-state index in [9.17, 15) is 41.2 Å². The van der Waals surface area contributed by atoms with Gasteiger partial charge in [0.25, 0.3) is 0 Å². The van der Waals surface area contributed by atoms with Crippen LogP contribution >= 0.6 is 0 Å². The fourth-order valence-electron chi connectivity index (χ4n) is 5.33. The molecule has 0 radical (unpaired) electrons. The molecule has 3 fully saturated rings. The number of nitrogens with one attached hydrogen (secondary N) is 1. The van der Waals surface area contributed by atoms with Crippen LogP contribution in [0.3, 0.4) is 0 Å². The second-order valence-electron chi connectivity index (χ2n) is 9.68. The van der Waals surface area contributed by atoms with Crippen LogP contribution in [0, 0.1) is 17.2 Å². The molecule has 15 heteroatoms. The molecule has 39 heavy (non-hydrogen) atoms. The summed E-state index contributed by atoms with van der Waals surface area (Å²) in [7, 11) is 0. The van der Waals surface area contributed by atoms with Gasteiger partial charge in [0.15, 0.2) is 0 Å². The molecule has 3 aliphatic rings. The van der Waals surface area contributed by atoms with Gasteiger partial charge in [0.1, 0.15) is 6.04 Å². The fraction of sp³-hybridized carbons (Fsp3) is 0.583. The molecular weight excluding hydrogens is 536 g/mol. The SMILES string of the molecule is N#C[C@@H]1CCCN1C(=O)[C@@H](N)C1CC2CCC(C1)N2C(=O)Nc1ccc(C(F)(F)F)cc1.O=C(O)C(F)(F)F. The van der Waals surface area contributed by atoms with Crippen molar-refractivity contribution in [3.63, 3.8) is 0 Å². The number of fused-ring (bicyclic) bond motifs is 2. The highest BCUT2D eigenvalue weighted by molar-refractivity contribution is 5.90. The zero-order valence-corrected chi connectivity index (χ0v) is 20.5. The molecule has 3 amide bonds. The number of piperidine rings is 1. The summed E-state index contributed by atoms with van der Waals surface area (Å²) in [6.07, 6.45) is -5.26. The minimum absolute atomic E-state index is 0.0719. The van der Waals surface area contributed by atoms with Gasteiger partial charge in [0, 0.05) is 24.3 Å². The number of aliphatic carboxylic acids is 1. The van der Waals surface area contributed by atoms with Crippen LogP contribution in [0.2, 0.25) is 0 Å². The van der Waals surface area contributed by atoms with E-state index in [2.05, 4.69) is 11.4 Å². The van der Waals surface area contributed by atoms with E-state index in [-0.39, 0.29) is 29.9 Å². The number of halogens is 6. The molecule has 1 aromatic rings. The van der Waals surface area contributed by atoms with Gasteiger partial charge in [-0.2, -0.15) is 31.6 Å². The number of carbonyl (C=O) groups is 3. The fourth-order valence-corrected chi connectivity index (χ4v) is 5.33. The van der Waals surface area contributed by atoms with E-state index in [0.717, 1.165) is 31.4 Å². The molecule has 4 rings (SSSR count). The summed E-state index contributed by atoms with van der Waals surface area (Å²) in [5, 5.41) is 19.1. The number of carbonyl (C=O) groups excluding carboxylic acids is 2. The van der Waals surface area contributed by atoms with Gasteiger partial charge in [-0.25, -0.2) is 9.59 Å². The van der Waals surface area contributed by atoms with Gasteiger partial charge in [-0.05, 0) is 68.7 Å². The average molecular weight is 563 g/mol. The Labute approximate surface area is 219 Å². The Balaban J connectivity index is 0.000000532. The molecule has 4 atom stereocenters. The Hall–Kier alpha value is -3.54. The van der Waals surface area contributed by atoms with Gasteiger partial charge in [-0.1, -0.05) is 0 Å². The summed E-state index contributed by atoms with van der Waals surface area (Å²) in [5.74, 6) is -3.02. The Morgan fingerprint density at radius 3 is 2.03 bits per heavy atom. The number of carboxylic acid groups (broad SMARTS) is 1. The topological polar surface area (TPSA) is 140 Å². The van der Waals surface area contributed by atoms with Crippen molar-refractivity contribution in [2.45, 2.75) is 75.0 Å². The number of carboxylic acids is 1. The monoisotopic (exact) mass is 563 g/mol. The number of nitrogens with two attached hydrogens (primary N) is 1. The van der Waals surface area contributed by atoms with Crippen LogP contribution in [0.15, 0.2) is 24.3 Å². The van der Waals surface area contributed by atoms with Gasteiger partial charge in [0.05, 0.1) is 17.7 Å². The molecule has 4 N–H and O–H groups in total. The molecule has 0 saturated carbocycles. The molecule has 0 spiro atoms. The second kappa shape index (κ2) is 11.7. The first kappa shape index (κ1) is 30.0. The van der Waals surface area contributed by atoms with Crippen LogP contribution in [0.1, 0.15) is 44.1 Å². The van der Waals surface area contributed by atoms with E-state index in [1.165, 1.54) is 12.1 Å². The zero-order chi connectivity index (χ0) is 29.1. The van der Waals surface area contributed by atoms with Crippen molar-refractivity contribution >= 4 is 23.6 Å². The minimum atomic E-state index is -5.08. The Morgan fingerprint density at radius 2 is 1.56 bits per heavy atom. The molecule has 1 aromatic carbocycles. The van der Waals surface area contributed by atoms with Crippen molar-refractivity contribution in [3.8, 4) is 6.07 Å². The van der Waals surface area contributed by atoms with Gasteiger partial charge < -0.3 is 26.0 Å². The molecule has 3 heterocycles. The normalized spacial score (nSPS) is 25.3. The lowest BCUT2D eigenvalue weighted by atomic mass is 9.84. The lowest BCUT2D eigenvalue weighted by Gasteiger charge is -2.41. The number of nitrogens with zero attached hydrogens (tertiary/aromatic N) is 3. The van der Waals surface area contributed by atoms with E-state index < -0.39 is 36.0 Å². The van der Waals surface area contributed by atoms with Crippen LogP contribution in [0.5, 0.6) is 0 Å². The number of hydrogen-bond acceptors (Lipinski definition) is 5. The molecule has 3 saturated heterocycles. The lowest BCUT2D eigenvalue weighted by Crippen LogP contribution is -2.55. The highest BCUT2D eigenvalue weighted by Gasteiger charge is 2.47.